The fourth-order valence-electron chi connectivity index (χ4n) is 3.30. The second kappa shape index (κ2) is 6.73. The Balaban J connectivity index is 1.92. The Morgan fingerprint density at radius 3 is 2.92 bits per heavy atom. The van der Waals surface area contributed by atoms with Gasteiger partial charge in [0.2, 0.25) is 0 Å². The van der Waals surface area contributed by atoms with Gasteiger partial charge in [-0.25, -0.2) is 0 Å². The maximum absolute atomic E-state index is 6.17. The van der Waals surface area contributed by atoms with E-state index in [4.69, 9.17) is 16.7 Å². The molecule has 0 fully saturated rings. The van der Waals surface area contributed by atoms with Gasteiger partial charge >= 0.3 is 0 Å². The number of hydrogen-bond donors (Lipinski definition) is 1. The molecule has 25 heavy (non-hydrogen) atoms. The number of hydrogen-bond acceptors (Lipinski definition) is 4. The van der Waals surface area contributed by atoms with Crippen molar-refractivity contribution in [3.8, 4) is 11.4 Å². The van der Waals surface area contributed by atoms with Crippen LogP contribution in [0.3, 0.4) is 0 Å². The number of nitrogens with one attached hydrogen (secondary N) is 1. The summed E-state index contributed by atoms with van der Waals surface area (Å²) in [6.45, 7) is 3.04. The molecule has 0 radical (unpaired) electrons. The Labute approximate surface area is 156 Å². The lowest BCUT2D eigenvalue weighted by Crippen LogP contribution is -2.06. The third-order valence-electron chi connectivity index (χ3n) is 4.45. The smallest absolute Gasteiger partial charge is 0.129 e. The van der Waals surface area contributed by atoms with Crippen molar-refractivity contribution in [1.29, 1.82) is 0 Å². The van der Waals surface area contributed by atoms with Gasteiger partial charge < -0.3 is 5.32 Å². The molecule has 1 aliphatic rings. The maximum atomic E-state index is 6.17. The zero-order valence-electron chi connectivity index (χ0n) is 14.2. The lowest BCUT2D eigenvalue weighted by atomic mass is 9.98. The summed E-state index contributed by atoms with van der Waals surface area (Å²) in [5.41, 5.74) is 5.53. The average molecular weight is 371 g/mol. The predicted molar refractivity (Wildman–Crippen MR) is 105 cm³/mol. The molecule has 3 heterocycles. The van der Waals surface area contributed by atoms with Crippen molar-refractivity contribution in [1.82, 2.24) is 14.8 Å². The zero-order chi connectivity index (χ0) is 17.4. The minimum absolute atomic E-state index is 0.202. The van der Waals surface area contributed by atoms with Crippen LogP contribution in [0.15, 0.2) is 42.6 Å². The highest BCUT2D eigenvalue weighted by atomic mass is 35.5. The lowest BCUT2D eigenvalue weighted by Gasteiger charge is -2.18. The molecule has 2 aromatic heterocycles. The lowest BCUT2D eigenvalue weighted by molar-refractivity contribution is 0.773. The molecule has 0 amide bonds. The largest absolute Gasteiger partial charge is 0.369 e. The van der Waals surface area contributed by atoms with Gasteiger partial charge in [0.15, 0.2) is 0 Å². The molecular formula is C19H19ClN4S. The second-order valence-corrected chi connectivity index (χ2v) is 7.78. The van der Waals surface area contributed by atoms with Gasteiger partial charge in [-0.3, -0.25) is 9.67 Å². The molecule has 0 unspecified atom stereocenters. The number of thioether (sulfide) groups is 1. The van der Waals surface area contributed by atoms with Crippen molar-refractivity contribution >= 4 is 29.2 Å². The topological polar surface area (TPSA) is 42.7 Å². The summed E-state index contributed by atoms with van der Waals surface area (Å²) in [4.78, 5) is 4.53. The Morgan fingerprint density at radius 1 is 1.28 bits per heavy atom. The van der Waals surface area contributed by atoms with E-state index in [1.54, 1.807) is 0 Å². The average Bonchev–Trinajstić information content (AvgIpc) is 2.79. The van der Waals surface area contributed by atoms with Crippen molar-refractivity contribution < 1.29 is 0 Å². The van der Waals surface area contributed by atoms with Gasteiger partial charge in [-0.1, -0.05) is 23.7 Å². The zero-order valence-corrected chi connectivity index (χ0v) is 15.7. The quantitative estimate of drug-likeness (QED) is 0.710. The van der Waals surface area contributed by atoms with Gasteiger partial charge in [0.05, 0.1) is 10.9 Å². The first-order valence-corrected chi connectivity index (χ1v) is 9.67. The van der Waals surface area contributed by atoms with Crippen LogP contribution in [0.5, 0.6) is 0 Å². The van der Waals surface area contributed by atoms with Crippen LogP contribution >= 0.6 is 23.4 Å². The normalized spacial score (nSPS) is 16.8. The molecule has 1 N–H and O–H groups in total. The number of halogens is 1. The minimum atomic E-state index is 0.202. The van der Waals surface area contributed by atoms with E-state index in [1.165, 1.54) is 16.7 Å². The van der Waals surface area contributed by atoms with Crippen molar-refractivity contribution in [2.45, 2.75) is 12.2 Å². The molecule has 0 saturated carbocycles. The molecule has 128 valence electrons. The maximum Gasteiger partial charge on any atom is 0.129 e. The number of nitrogens with zero attached hydrogens (tertiary/aromatic N) is 3. The number of anilines is 1. The van der Waals surface area contributed by atoms with E-state index in [9.17, 15) is 0 Å². The predicted octanol–water partition coefficient (Wildman–Crippen LogP) is 4.69. The minimum Gasteiger partial charge on any atom is -0.369 e. The van der Waals surface area contributed by atoms with Crippen LogP contribution in [0.4, 0.5) is 5.82 Å². The van der Waals surface area contributed by atoms with Crippen LogP contribution in [0.2, 0.25) is 5.02 Å². The summed E-state index contributed by atoms with van der Waals surface area (Å²) in [6.07, 6.45) is 1.82. The summed E-state index contributed by atoms with van der Waals surface area (Å²) < 4.78 is 1.93. The Bertz CT molecular complexity index is 907. The fraction of sp³-hybridized carbons (Fsp3) is 0.263. The van der Waals surface area contributed by atoms with E-state index >= 15 is 0 Å². The Hall–Kier alpha value is -1.98. The monoisotopic (exact) mass is 370 g/mol. The highest BCUT2D eigenvalue weighted by Crippen LogP contribution is 2.46. The fourth-order valence-corrected chi connectivity index (χ4v) is 4.81. The van der Waals surface area contributed by atoms with E-state index in [0.29, 0.717) is 0 Å². The van der Waals surface area contributed by atoms with Gasteiger partial charge in [-0.15, -0.1) is 11.8 Å². The Morgan fingerprint density at radius 2 is 2.16 bits per heavy atom. The number of aromatic nitrogens is 3. The van der Waals surface area contributed by atoms with Crippen LogP contribution in [0, 0.1) is 6.92 Å². The van der Waals surface area contributed by atoms with Crippen molar-refractivity contribution in [3.63, 3.8) is 0 Å². The standard InChI is InChI=1S/C19H19ClN4S/c1-12-11-13(20)6-7-14(12)18-16-17(15-5-3-4-8-21-15)23-24(2)19(16)22-9-10-25-18/h3-8,11,18,22H,9-10H2,1-2H3/t18-/m0/s1. The Kier molecular flexibility index (Phi) is 4.44. The van der Waals surface area contributed by atoms with E-state index in [0.717, 1.165) is 34.5 Å². The molecule has 0 saturated heterocycles. The number of fused-ring (bicyclic) bond motifs is 1. The first kappa shape index (κ1) is 16.5. The van der Waals surface area contributed by atoms with Gasteiger partial charge in [0, 0.05) is 36.1 Å². The molecule has 0 spiro atoms. The number of pyridine rings is 1. The highest BCUT2D eigenvalue weighted by Gasteiger charge is 2.30. The van der Waals surface area contributed by atoms with Crippen molar-refractivity contribution in [2.24, 2.45) is 7.05 Å². The van der Waals surface area contributed by atoms with Gasteiger partial charge in [-0.05, 0) is 42.3 Å². The summed E-state index contributed by atoms with van der Waals surface area (Å²) in [5.74, 6) is 2.10. The van der Waals surface area contributed by atoms with Gasteiger partial charge in [-0.2, -0.15) is 5.10 Å². The summed E-state index contributed by atoms with van der Waals surface area (Å²) in [5, 5.41) is 9.29. The molecule has 4 nitrogen and oxygen atoms in total. The first-order valence-electron chi connectivity index (χ1n) is 8.25. The van der Waals surface area contributed by atoms with Crippen LogP contribution < -0.4 is 5.32 Å². The van der Waals surface area contributed by atoms with Gasteiger partial charge in [0.25, 0.3) is 0 Å². The van der Waals surface area contributed by atoms with E-state index in [2.05, 4.69) is 23.3 Å². The summed E-state index contributed by atoms with van der Waals surface area (Å²) >= 11 is 8.11. The SMILES string of the molecule is Cc1cc(Cl)ccc1[C@@H]1SCCNc2c1c(-c1ccccn1)nn2C. The molecule has 1 atom stereocenters. The molecular weight excluding hydrogens is 352 g/mol. The molecule has 1 aliphatic heterocycles. The van der Waals surface area contributed by atoms with Crippen LogP contribution in [-0.2, 0) is 7.05 Å². The van der Waals surface area contributed by atoms with E-state index in [1.807, 2.05) is 60.0 Å². The van der Waals surface area contributed by atoms with Gasteiger partial charge in [0.1, 0.15) is 11.5 Å². The molecule has 0 bridgehead atoms. The van der Waals surface area contributed by atoms with Crippen molar-refractivity contribution in [3.05, 3.63) is 64.3 Å². The summed E-state index contributed by atoms with van der Waals surface area (Å²) in [7, 11) is 1.99. The van der Waals surface area contributed by atoms with E-state index < -0.39 is 0 Å². The van der Waals surface area contributed by atoms with E-state index in [-0.39, 0.29) is 5.25 Å². The summed E-state index contributed by atoms with van der Waals surface area (Å²) in [6, 6.07) is 12.1. The van der Waals surface area contributed by atoms with Crippen LogP contribution in [-0.4, -0.2) is 27.1 Å². The highest BCUT2D eigenvalue weighted by molar-refractivity contribution is 7.99. The van der Waals surface area contributed by atoms with Crippen LogP contribution in [0.25, 0.3) is 11.4 Å². The molecule has 3 aromatic rings. The molecule has 6 heteroatoms. The number of benzene rings is 1. The number of aryl methyl sites for hydroxylation is 2. The third kappa shape index (κ3) is 3.02. The molecule has 4 rings (SSSR count). The first-order chi connectivity index (χ1) is 12.1. The van der Waals surface area contributed by atoms with Crippen molar-refractivity contribution in [2.75, 3.05) is 17.6 Å². The second-order valence-electron chi connectivity index (χ2n) is 6.13. The third-order valence-corrected chi connectivity index (χ3v) is 5.94. The van der Waals surface area contributed by atoms with Crippen LogP contribution in [0.1, 0.15) is 21.9 Å². The molecule has 0 aliphatic carbocycles. The molecule has 1 aromatic carbocycles. The number of rotatable bonds is 2.